The summed E-state index contributed by atoms with van der Waals surface area (Å²) < 4.78 is 2.04. The lowest BCUT2D eigenvalue weighted by Crippen LogP contribution is -2.02. The topological polar surface area (TPSA) is 43.8 Å². The van der Waals surface area contributed by atoms with Gasteiger partial charge in [0.25, 0.3) is 0 Å². The van der Waals surface area contributed by atoms with Crippen LogP contribution in [0.25, 0.3) is 0 Å². The Morgan fingerprint density at radius 2 is 2.08 bits per heavy atom. The van der Waals surface area contributed by atoms with E-state index in [1.807, 2.05) is 4.57 Å². The second kappa shape index (κ2) is 3.17. The summed E-state index contributed by atoms with van der Waals surface area (Å²) in [5.74, 6) is 1.10. The van der Waals surface area contributed by atoms with Crippen LogP contribution in [0.4, 0.5) is 5.95 Å². The fourth-order valence-corrected chi connectivity index (χ4v) is 1.52. The van der Waals surface area contributed by atoms with Crippen LogP contribution in [0, 0.1) is 6.92 Å². The van der Waals surface area contributed by atoms with Crippen LogP contribution in [-0.4, -0.2) is 9.55 Å². The molecule has 0 aliphatic heterocycles. The molecule has 2 N–H and O–H groups in total. The number of imidazole rings is 1. The van der Waals surface area contributed by atoms with Crippen LogP contribution in [0.1, 0.15) is 38.1 Å². The Labute approximate surface area is 73.6 Å². The Kier molecular flexibility index (Phi) is 2.40. The number of nitrogens with two attached hydrogens (primary N) is 1. The summed E-state index contributed by atoms with van der Waals surface area (Å²) in [6, 6.07) is 0. The normalized spacial score (nSPS) is 11.1. The first-order valence-electron chi connectivity index (χ1n) is 4.40. The quantitative estimate of drug-likeness (QED) is 0.731. The molecule has 1 aromatic rings. The molecule has 0 saturated carbocycles. The third kappa shape index (κ3) is 1.31. The van der Waals surface area contributed by atoms with Gasteiger partial charge in [0, 0.05) is 12.2 Å². The molecule has 1 aromatic heterocycles. The second-order valence-corrected chi connectivity index (χ2v) is 3.34. The molecule has 0 unspecified atom stereocenters. The molecule has 0 spiro atoms. The number of aromatic nitrogens is 2. The van der Waals surface area contributed by atoms with Gasteiger partial charge >= 0.3 is 0 Å². The Morgan fingerprint density at radius 3 is 2.33 bits per heavy atom. The van der Waals surface area contributed by atoms with Gasteiger partial charge in [-0.1, -0.05) is 13.8 Å². The lowest BCUT2D eigenvalue weighted by Gasteiger charge is -2.04. The first-order chi connectivity index (χ1) is 5.57. The average Bonchev–Trinajstić information content (AvgIpc) is 2.27. The van der Waals surface area contributed by atoms with E-state index >= 15 is 0 Å². The number of rotatable bonds is 2. The highest BCUT2D eigenvalue weighted by molar-refractivity contribution is 5.30. The van der Waals surface area contributed by atoms with Gasteiger partial charge in [-0.25, -0.2) is 4.98 Å². The Morgan fingerprint density at radius 1 is 1.50 bits per heavy atom. The summed E-state index contributed by atoms with van der Waals surface area (Å²) in [6.45, 7) is 9.32. The molecule has 3 heteroatoms. The van der Waals surface area contributed by atoms with Gasteiger partial charge in [-0.15, -0.1) is 0 Å². The van der Waals surface area contributed by atoms with E-state index in [1.54, 1.807) is 0 Å². The zero-order chi connectivity index (χ0) is 9.30. The van der Waals surface area contributed by atoms with E-state index < -0.39 is 0 Å². The highest BCUT2D eigenvalue weighted by Gasteiger charge is 2.12. The molecule has 0 radical (unpaired) electrons. The molecule has 0 aliphatic carbocycles. The summed E-state index contributed by atoms with van der Waals surface area (Å²) >= 11 is 0. The van der Waals surface area contributed by atoms with E-state index in [4.69, 9.17) is 5.73 Å². The van der Waals surface area contributed by atoms with Crippen LogP contribution in [0.2, 0.25) is 0 Å². The fourth-order valence-electron chi connectivity index (χ4n) is 1.52. The van der Waals surface area contributed by atoms with Crippen molar-refractivity contribution in [3.05, 3.63) is 11.4 Å². The number of nitrogen functional groups attached to an aromatic ring is 1. The third-order valence-corrected chi connectivity index (χ3v) is 2.15. The summed E-state index contributed by atoms with van der Waals surface area (Å²) in [5.41, 5.74) is 8.06. The molecule has 0 bridgehead atoms. The standard InChI is InChI=1S/C9H17N3/c1-5-12-7(4)8(6(2)3)11-9(12)10/h6H,5H2,1-4H3,(H2,10,11). The van der Waals surface area contributed by atoms with Crippen molar-refractivity contribution in [1.29, 1.82) is 0 Å². The maximum absolute atomic E-state index is 5.74. The number of nitrogens with zero attached hydrogens (tertiary/aromatic N) is 2. The minimum absolute atomic E-state index is 0.458. The molecule has 3 nitrogen and oxygen atoms in total. The molecule has 0 saturated heterocycles. The molecule has 0 fully saturated rings. The van der Waals surface area contributed by atoms with E-state index in [9.17, 15) is 0 Å². The molecule has 0 aromatic carbocycles. The van der Waals surface area contributed by atoms with E-state index in [0.29, 0.717) is 11.9 Å². The summed E-state index contributed by atoms with van der Waals surface area (Å²) in [4.78, 5) is 4.32. The highest BCUT2D eigenvalue weighted by Crippen LogP contribution is 2.20. The first kappa shape index (κ1) is 9.10. The van der Waals surface area contributed by atoms with Crippen molar-refractivity contribution < 1.29 is 0 Å². The Bertz CT molecular complexity index is 274. The second-order valence-electron chi connectivity index (χ2n) is 3.34. The average molecular weight is 167 g/mol. The van der Waals surface area contributed by atoms with Crippen LogP contribution in [-0.2, 0) is 6.54 Å². The first-order valence-corrected chi connectivity index (χ1v) is 4.40. The minimum atomic E-state index is 0.458. The zero-order valence-corrected chi connectivity index (χ0v) is 8.26. The molecular formula is C9H17N3. The largest absolute Gasteiger partial charge is 0.369 e. The SMILES string of the molecule is CCn1c(N)nc(C(C)C)c1C. The molecule has 1 rings (SSSR count). The summed E-state index contributed by atoms with van der Waals surface area (Å²) in [5, 5.41) is 0. The van der Waals surface area contributed by atoms with Crippen LogP contribution in [0.15, 0.2) is 0 Å². The zero-order valence-electron chi connectivity index (χ0n) is 8.26. The van der Waals surface area contributed by atoms with Crippen LogP contribution < -0.4 is 5.73 Å². The van der Waals surface area contributed by atoms with E-state index in [2.05, 4.69) is 32.7 Å². The van der Waals surface area contributed by atoms with E-state index in [0.717, 1.165) is 12.2 Å². The van der Waals surface area contributed by atoms with Crippen molar-refractivity contribution in [2.75, 3.05) is 5.73 Å². The van der Waals surface area contributed by atoms with Gasteiger partial charge < -0.3 is 10.3 Å². The Hall–Kier alpha value is -0.990. The van der Waals surface area contributed by atoms with Crippen molar-refractivity contribution in [2.45, 2.75) is 40.2 Å². The van der Waals surface area contributed by atoms with Crippen molar-refractivity contribution in [3.63, 3.8) is 0 Å². The predicted octanol–water partition coefficient (Wildman–Crippen LogP) is 1.92. The molecular weight excluding hydrogens is 150 g/mol. The molecule has 0 amide bonds. The van der Waals surface area contributed by atoms with Gasteiger partial charge in [0.1, 0.15) is 0 Å². The number of hydrogen-bond donors (Lipinski definition) is 1. The molecule has 0 aliphatic rings. The summed E-state index contributed by atoms with van der Waals surface area (Å²) in [6.07, 6.45) is 0. The number of anilines is 1. The third-order valence-electron chi connectivity index (χ3n) is 2.15. The van der Waals surface area contributed by atoms with Crippen LogP contribution in [0.3, 0.4) is 0 Å². The minimum Gasteiger partial charge on any atom is -0.369 e. The number of hydrogen-bond acceptors (Lipinski definition) is 2. The summed E-state index contributed by atoms with van der Waals surface area (Å²) in [7, 11) is 0. The van der Waals surface area contributed by atoms with Gasteiger partial charge in [-0.2, -0.15) is 0 Å². The lowest BCUT2D eigenvalue weighted by molar-refractivity contribution is 0.737. The van der Waals surface area contributed by atoms with Gasteiger partial charge in [0.15, 0.2) is 0 Å². The van der Waals surface area contributed by atoms with Crippen molar-refractivity contribution in [3.8, 4) is 0 Å². The monoisotopic (exact) mass is 167 g/mol. The van der Waals surface area contributed by atoms with Crippen molar-refractivity contribution in [1.82, 2.24) is 9.55 Å². The molecule has 12 heavy (non-hydrogen) atoms. The fraction of sp³-hybridized carbons (Fsp3) is 0.667. The molecule has 68 valence electrons. The maximum atomic E-state index is 5.74. The van der Waals surface area contributed by atoms with Gasteiger partial charge in [0.05, 0.1) is 5.69 Å². The highest BCUT2D eigenvalue weighted by atomic mass is 15.2. The maximum Gasteiger partial charge on any atom is 0.200 e. The van der Waals surface area contributed by atoms with Gasteiger partial charge in [-0.3, -0.25) is 0 Å². The van der Waals surface area contributed by atoms with E-state index in [-0.39, 0.29) is 0 Å². The van der Waals surface area contributed by atoms with Crippen LogP contribution in [0.5, 0.6) is 0 Å². The van der Waals surface area contributed by atoms with Crippen molar-refractivity contribution >= 4 is 5.95 Å². The lowest BCUT2D eigenvalue weighted by atomic mass is 10.1. The smallest absolute Gasteiger partial charge is 0.200 e. The molecule has 1 heterocycles. The predicted molar refractivity (Wildman–Crippen MR) is 51.1 cm³/mol. The van der Waals surface area contributed by atoms with Crippen molar-refractivity contribution in [2.24, 2.45) is 0 Å². The molecule has 0 atom stereocenters. The Balaban J connectivity index is 3.17. The van der Waals surface area contributed by atoms with Crippen LogP contribution >= 0.6 is 0 Å². The van der Waals surface area contributed by atoms with Gasteiger partial charge in [-0.05, 0) is 19.8 Å². The van der Waals surface area contributed by atoms with Gasteiger partial charge in [0.2, 0.25) is 5.95 Å². The van der Waals surface area contributed by atoms with E-state index in [1.165, 1.54) is 5.69 Å².